The van der Waals surface area contributed by atoms with Gasteiger partial charge in [-0.15, -0.1) is 0 Å². The molecule has 3 heteroatoms. The van der Waals surface area contributed by atoms with Gasteiger partial charge in [-0.2, -0.15) is 5.26 Å². The molecule has 0 aliphatic carbocycles. The molecule has 3 rings (SSSR count). The summed E-state index contributed by atoms with van der Waals surface area (Å²) in [6.07, 6.45) is 4.29. The third-order valence-corrected chi connectivity index (χ3v) is 3.55. The summed E-state index contributed by atoms with van der Waals surface area (Å²) in [5.74, 6) is -0.0577. The Balaban J connectivity index is 2.17. The number of para-hydroxylation sites is 1. The molecule has 102 valence electrons. The quantitative estimate of drug-likeness (QED) is 0.837. The Kier molecular flexibility index (Phi) is 3.53. The number of fused-ring (bicyclic) bond motifs is 2. The molecule has 0 N–H and O–H groups in total. The van der Waals surface area contributed by atoms with Crippen LogP contribution in [0.4, 0.5) is 5.69 Å². The smallest absolute Gasteiger partial charge is 0.258 e. The molecular weight excluding hydrogens is 260 g/mol. The van der Waals surface area contributed by atoms with Crippen LogP contribution in [-0.2, 0) is 0 Å². The van der Waals surface area contributed by atoms with Crippen LogP contribution < -0.4 is 4.90 Å². The molecule has 0 saturated carbocycles. The molecule has 0 fully saturated rings. The average molecular weight is 274 g/mol. The van der Waals surface area contributed by atoms with Crippen molar-refractivity contribution in [2.24, 2.45) is 0 Å². The lowest BCUT2D eigenvalue weighted by Gasteiger charge is -2.26. The van der Waals surface area contributed by atoms with Crippen molar-refractivity contribution in [3.8, 4) is 6.07 Å². The second kappa shape index (κ2) is 5.64. The number of amides is 1. The van der Waals surface area contributed by atoms with Gasteiger partial charge in [-0.3, -0.25) is 4.79 Å². The van der Waals surface area contributed by atoms with Gasteiger partial charge in [-0.25, -0.2) is 0 Å². The summed E-state index contributed by atoms with van der Waals surface area (Å²) in [5, 5.41) is 8.85. The lowest BCUT2D eigenvalue weighted by molar-refractivity contribution is 0.0987. The zero-order valence-electron chi connectivity index (χ0n) is 11.5. The van der Waals surface area contributed by atoms with Gasteiger partial charge in [0, 0.05) is 12.1 Å². The molecule has 1 aliphatic heterocycles. The predicted molar refractivity (Wildman–Crippen MR) is 83.7 cm³/mol. The number of nitrogens with zero attached hydrogens (tertiary/aromatic N) is 2. The van der Waals surface area contributed by atoms with Crippen molar-refractivity contribution >= 4 is 23.7 Å². The minimum Gasteiger partial charge on any atom is -0.307 e. The third kappa shape index (κ3) is 2.44. The molecule has 0 radical (unpaired) electrons. The number of carbonyl (C=O) groups excluding carboxylic acids is 1. The van der Waals surface area contributed by atoms with Crippen molar-refractivity contribution in [1.29, 1.82) is 5.26 Å². The topological polar surface area (TPSA) is 44.1 Å². The third-order valence-electron chi connectivity index (χ3n) is 3.55. The summed E-state index contributed by atoms with van der Waals surface area (Å²) in [7, 11) is 0. The molecule has 0 atom stereocenters. The van der Waals surface area contributed by atoms with Gasteiger partial charge in [0.15, 0.2) is 0 Å². The molecule has 0 saturated heterocycles. The maximum Gasteiger partial charge on any atom is 0.258 e. The van der Waals surface area contributed by atoms with Crippen LogP contribution in [0.3, 0.4) is 0 Å². The van der Waals surface area contributed by atoms with Gasteiger partial charge in [-0.05, 0) is 23.3 Å². The normalized spacial score (nSPS) is 14.4. The van der Waals surface area contributed by atoms with Crippen molar-refractivity contribution < 1.29 is 4.79 Å². The maximum absolute atomic E-state index is 12.8. The van der Waals surface area contributed by atoms with E-state index in [0.717, 1.165) is 16.8 Å². The highest BCUT2D eigenvalue weighted by molar-refractivity contribution is 6.10. The number of hydrogen-bond acceptors (Lipinski definition) is 2. The Labute approximate surface area is 123 Å². The minimum absolute atomic E-state index is 0.0577. The number of carbonyl (C=O) groups is 1. The lowest BCUT2D eigenvalue weighted by atomic mass is 10.0. The van der Waals surface area contributed by atoms with Crippen LogP contribution in [0.5, 0.6) is 0 Å². The first kappa shape index (κ1) is 13.1. The Bertz CT molecular complexity index is 756. The summed E-state index contributed by atoms with van der Waals surface area (Å²) >= 11 is 0. The van der Waals surface area contributed by atoms with Gasteiger partial charge in [0.25, 0.3) is 5.91 Å². The summed E-state index contributed by atoms with van der Waals surface area (Å²) in [6, 6.07) is 17.4. The largest absolute Gasteiger partial charge is 0.307 e. The lowest BCUT2D eigenvalue weighted by Crippen LogP contribution is -2.33. The summed E-state index contributed by atoms with van der Waals surface area (Å²) in [6.45, 7) is 0.397. The Morgan fingerprint density at radius 2 is 1.62 bits per heavy atom. The number of nitriles is 1. The van der Waals surface area contributed by atoms with Crippen LogP contribution in [0.2, 0.25) is 0 Å². The number of benzene rings is 2. The molecule has 3 nitrogen and oxygen atoms in total. The number of hydrogen-bond donors (Lipinski definition) is 0. The number of anilines is 1. The molecule has 1 aliphatic rings. The highest BCUT2D eigenvalue weighted by Crippen LogP contribution is 2.28. The van der Waals surface area contributed by atoms with Crippen LogP contribution in [0.15, 0.2) is 48.5 Å². The Hall–Kier alpha value is -2.86. The maximum atomic E-state index is 12.8. The van der Waals surface area contributed by atoms with E-state index in [1.807, 2.05) is 60.7 Å². The van der Waals surface area contributed by atoms with Gasteiger partial charge in [0.05, 0.1) is 18.2 Å². The highest BCUT2D eigenvalue weighted by atomic mass is 16.2. The molecule has 0 unspecified atom stereocenters. The monoisotopic (exact) mass is 274 g/mol. The van der Waals surface area contributed by atoms with E-state index in [0.29, 0.717) is 18.5 Å². The summed E-state index contributed by atoms with van der Waals surface area (Å²) in [5.41, 5.74) is 3.40. The van der Waals surface area contributed by atoms with Crippen molar-refractivity contribution in [2.75, 3.05) is 11.4 Å². The van der Waals surface area contributed by atoms with Crippen molar-refractivity contribution in [2.45, 2.75) is 6.42 Å². The molecule has 2 aromatic carbocycles. The average Bonchev–Trinajstić information content (AvgIpc) is 2.53. The molecule has 1 amide bonds. The Morgan fingerprint density at radius 3 is 2.43 bits per heavy atom. The van der Waals surface area contributed by atoms with E-state index in [2.05, 4.69) is 6.07 Å². The van der Waals surface area contributed by atoms with Gasteiger partial charge in [0.2, 0.25) is 0 Å². The van der Waals surface area contributed by atoms with Crippen molar-refractivity contribution in [3.63, 3.8) is 0 Å². The number of rotatable bonds is 2. The fourth-order valence-electron chi connectivity index (χ4n) is 2.53. The zero-order chi connectivity index (χ0) is 14.7. The van der Waals surface area contributed by atoms with Crippen LogP contribution in [-0.4, -0.2) is 12.5 Å². The molecule has 2 aromatic rings. The van der Waals surface area contributed by atoms with E-state index in [-0.39, 0.29) is 5.91 Å². The molecule has 21 heavy (non-hydrogen) atoms. The first-order valence-corrected chi connectivity index (χ1v) is 6.86. The van der Waals surface area contributed by atoms with E-state index in [1.54, 1.807) is 4.90 Å². The van der Waals surface area contributed by atoms with Gasteiger partial charge < -0.3 is 4.90 Å². The molecule has 0 spiro atoms. The zero-order valence-corrected chi connectivity index (χ0v) is 11.5. The van der Waals surface area contributed by atoms with Crippen LogP contribution in [0, 0.1) is 11.3 Å². The Morgan fingerprint density at radius 1 is 0.952 bits per heavy atom. The van der Waals surface area contributed by atoms with E-state index in [9.17, 15) is 4.79 Å². The summed E-state index contributed by atoms with van der Waals surface area (Å²) < 4.78 is 0. The van der Waals surface area contributed by atoms with Crippen LogP contribution in [0.25, 0.3) is 12.2 Å². The van der Waals surface area contributed by atoms with E-state index >= 15 is 0 Å². The molecule has 0 aromatic heterocycles. The summed E-state index contributed by atoms with van der Waals surface area (Å²) in [4.78, 5) is 14.5. The molecule has 0 bridgehead atoms. The SMILES string of the molecule is N#CCCN1C(=O)c2ccccc2/C=C\c2ccccc21. The van der Waals surface area contributed by atoms with Gasteiger partial charge in [-0.1, -0.05) is 48.6 Å². The second-order valence-corrected chi connectivity index (χ2v) is 4.84. The molecular formula is C18H14N2O. The van der Waals surface area contributed by atoms with Crippen LogP contribution >= 0.6 is 0 Å². The molecule has 1 heterocycles. The van der Waals surface area contributed by atoms with Gasteiger partial charge in [0.1, 0.15) is 0 Å². The van der Waals surface area contributed by atoms with E-state index in [4.69, 9.17) is 5.26 Å². The minimum atomic E-state index is -0.0577. The highest BCUT2D eigenvalue weighted by Gasteiger charge is 2.22. The van der Waals surface area contributed by atoms with Gasteiger partial charge >= 0.3 is 0 Å². The predicted octanol–water partition coefficient (Wildman–Crippen LogP) is 3.73. The second-order valence-electron chi connectivity index (χ2n) is 4.84. The van der Waals surface area contributed by atoms with E-state index in [1.165, 1.54) is 0 Å². The standard InChI is InChI=1S/C18H14N2O/c19-12-5-13-20-17-9-4-2-7-15(17)11-10-14-6-1-3-8-16(14)18(20)21/h1-4,6-11H,5,13H2/b11-10-. The fraction of sp³-hybridized carbons (Fsp3) is 0.111. The first-order valence-electron chi connectivity index (χ1n) is 6.86. The van der Waals surface area contributed by atoms with Crippen molar-refractivity contribution in [3.05, 3.63) is 65.2 Å². The fourth-order valence-corrected chi connectivity index (χ4v) is 2.53. The van der Waals surface area contributed by atoms with E-state index < -0.39 is 0 Å². The van der Waals surface area contributed by atoms with Crippen molar-refractivity contribution in [1.82, 2.24) is 0 Å². The van der Waals surface area contributed by atoms with Crippen LogP contribution in [0.1, 0.15) is 27.9 Å². The first-order chi connectivity index (χ1) is 10.3.